The molecule has 0 aliphatic rings. The summed E-state index contributed by atoms with van der Waals surface area (Å²) in [6, 6.07) is 15.2. The molecule has 0 bridgehead atoms. The first-order chi connectivity index (χ1) is 14.2. The standard InChI is InChI=1S/C22H21N3O3S/c1-27-18-9-6-15(7-10-18)20-13-25-17(14-29-22(25)24-20)8-11-21(26)23-16-4-3-5-19(12-16)28-2/h3-7,9-10,12-14H,8,11H2,1-2H3,(H,23,26). The van der Waals surface area contributed by atoms with Gasteiger partial charge in [0.1, 0.15) is 11.5 Å². The van der Waals surface area contributed by atoms with Gasteiger partial charge < -0.3 is 14.8 Å². The number of methoxy groups -OCH3 is 2. The van der Waals surface area contributed by atoms with Gasteiger partial charge in [-0.25, -0.2) is 4.98 Å². The van der Waals surface area contributed by atoms with Crippen molar-refractivity contribution in [3.63, 3.8) is 0 Å². The first-order valence-corrected chi connectivity index (χ1v) is 10.1. The normalized spacial score (nSPS) is 10.8. The lowest BCUT2D eigenvalue weighted by Crippen LogP contribution is -2.12. The van der Waals surface area contributed by atoms with Crippen molar-refractivity contribution in [1.29, 1.82) is 0 Å². The number of hydrogen-bond donors (Lipinski definition) is 1. The largest absolute Gasteiger partial charge is 0.497 e. The van der Waals surface area contributed by atoms with Crippen LogP contribution in [0.2, 0.25) is 0 Å². The van der Waals surface area contributed by atoms with E-state index in [0.29, 0.717) is 18.6 Å². The van der Waals surface area contributed by atoms with Gasteiger partial charge in [-0.1, -0.05) is 6.07 Å². The number of rotatable bonds is 7. The van der Waals surface area contributed by atoms with E-state index in [1.165, 1.54) is 0 Å². The summed E-state index contributed by atoms with van der Waals surface area (Å²) in [5, 5.41) is 4.97. The summed E-state index contributed by atoms with van der Waals surface area (Å²) in [5.41, 5.74) is 3.73. The third-order valence-corrected chi connectivity index (χ3v) is 5.52. The third kappa shape index (κ3) is 4.25. The van der Waals surface area contributed by atoms with E-state index >= 15 is 0 Å². The number of hydrogen-bond acceptors (Lipinski definition) is 5. The number of thiazole rings is 1. The maximum atomic E-state index is 12.3. The quantitative estimate of drug-likeness (QED) is 0.484. The molecular formula is C22H21N3O3S. The van der Waals surface area contributed by atoms with Crippen molar-refractivity contribution in [2.75, 3.05) is 19.5 Å². The molecule has 4 rings (SSSR count). The number of nitrogens with one attached hydrogen (secondary N) is 1. The molecule has 2 heterocycles. The Kier molecular flexibility index (Phi) is 5.48. The second kappa shape index (κ2) is 8.36. The molecule has 148 valence electrons. The second-order valence-corrected chi connectivity index (χ2v) is 7.35. The zero-order valence-corrected chi connectivity index (χ0v) is 17.0. The van der Waals surface area contributed by atoms with Crippen LogP contribution >= 0.6 is 11.3 Å². The number of amides is 1. The Morgan fingerprint density at radius 1 is 1.10 bits per heavy atom. The number of aryl methyl sites for hydroxylation is 1. The van der Waals surface area contributed by atoms with Crippen LogP contribution in [0.15, 0.2) is 60.1 Å². The number of imidazole rings is 1. The lowest BCUT2D eigenvalue weighted by molar-refractivity contribution is -0.116. The van der Waals surface area contributed by atoms with E-state index in [9.17, 15) is 4.79 Å². The Morgan fingerprint density at radius 2 is 1.90 bits per heavy atom. The lowest BCUT2D eigenvalue weighted by Gasteiger charge is -2.07. The van der Waals surface area contributed by atoms with Gasteiger partial charge in [0.25, 0.3) is 0 Å². The first-order valence-electron chi connectivity index (χ1n) is 9.20. The van der Waals surface area contributed by atoms with E-state index < -0.39 is 0 Å². The molecule has 0 spiro atoms. The minimum Gasteiger partial charge on any atom is -0.497 e. The molecule has 0 atom stereocenters. The topological polar surface area (TPSA) is 64.9 Å². The maximum absolute atomic E-state index is 12.3. The van der Waals surface area contributed by atoms with Gasteiger partial charge in [-0.05, 0) is 42.8 Å². The number of fused-ring (bicyclic) bond motifs is 1. The van der Waals surface area contributed by atoms with Crippen LogP contribution in [0.3, 0.4) is 0 Å². The molecule has 0 aliphatic carbocycles. The van der Waals surface area contributed by atoms with Crippen LogP contribution in [-0.2, 0) is 11.2 Å². The summed E-state index contributed by atoms with van der Waals surface area (Å²) in [6.45, 7) is 0. The van der Waals surface area contributed by atoms with Gasteiger partial charge >= 0.3 is 0 Å². The SMILES string of the molecule is COc1ccc(-c2cn3c(CCC(=O)Nc4cccc(OC)c4)csc3n2)cc1. The van der Waals surface area contributed by atoms with Gasteiger partial charge in [-0.15, -0.1) is 11.3 Å². The van der Waals surface area contributed by atoms with Gasteiger partial charge in [-0.3, -0.25) is 9.20 Å². The fraction of sp³-hybridized carbons (Fsp3) is 0.182. The number of nitrogens with zero attached hydrogens (tertiary/aromatic N) is 2. The zero-order valence-electron chi connectivity index (χ0n) is 16.2. The van der Waals surface area contributed by atoms with Crippen molar-refractivity contribution in [2.45, 2.75) is 12.8 Å². The monoisotopic (exact) mass is 407 g/mol. The van der Waals surface area contributed by atoms with E-state index in [4.69, 9.17) is 14.5 Å². The predicted molar refractivity (Wildman–Crippen MR) is 115 cm³/mol. The summed E-state index contributed by atoms with van der Waals surface area (Å²) in [5.74, 6) is 1.50. The molecule has 7 heteroatoms. The van der Waals surface area contributed by atoms with Crippen molar-refractivity contribution in [3.05, 3.63) is 65.8 Å². The van der Waals surface area contributed by atoms with Crippen LogP contribution in [0.25, 0.3) is 16.2 Å². The highest BCUT2D eigenvalue weighted by Crippen LogP contribution is 2.26. The highest BCUT2D eigenvalue weighted by atomic mass is 32.1. The molecule has 0 radical (unpaired) electrons. The maximum Gasteiger partial charge on any atom is 0.224 e. The van der Waals surface area contributed by atoms with Crippen LogP contribution < -0.4 is 14.8 Å². The van der Waals surface area contributed by atoms with Crippen LogP contribution in [0.1, 0.15) is 12.1 Å². The van der Waals surface area contributed by atoms with Crippen LogP contribution in [0, 0.1) is 0 Å². The highest BCUT2D eigenvalue weighted by Gasteiger charge is 2.12. The Balaban J connectivity index is 1.44. The van der Waals surface area contributed by atoms with Gasteiger partial charge in [0.05, 0.1) is 19.9 Å². The smallest absolute Gasteiger partial charge is 0.224 e. The lowest BCUT2D eigenvalue weighted by atomic mass is 10.1. The summed E-state index contributed by atoms with van der Waals surface area (Å²) < 4.78 is 12.5. The number of carbonyl (C=O) groups excluding carboxylic acids is 1. The van der Waals surface area contributed by atoms with Gasteiger partial charge in [-0.2, -0.15) is 0 Å². The van der Waals surface area contributed by atoms with Crippen molar-refractivity contribution >= 4 is 27.9 Å². The molecule has 4 aromatic rings. The molecule has 0 aliphatic heterocycles. The Bertz CT molecular complexity index is 1130. The molecule has 2 aromatic carbocycles. The highest BCUT2D eigenvalue weighted by molar-refractivity contribution is 7.15. The number of carbonyl (C=O) groups is 1. The Hall–Kier alpha value is -3.32. The van der Waals surface area contributed by atoms with Gasteiger partial charge in [0.2, 0.25) is 5.91 Å². The molecule has 0 fully saturated rings. The summed E-state index contributed by atoms with van der Waals surface area (Å²) in [7, 11) is 3.26. The number of benzene rings is 2. The summed E-state index contributed by atoms with van der Waals surface area (Å²) in [6.07, 6.45) is 3.04. The molecular weight excluding hydrogens is 386 g/mol. The predicted octanol–water partition coefficient (Wildman–Crippen LogP) is 4.65. The van der Waals surface area contributed by atoms with Crippen molar-refractivity contribution in [1.82, 2.24) is 9.38 Å². The Morgan fingerprint density at radius 3 is 2.66 bits per heavy atom. The van der Waals surface area contributed by atoms with E-state index in [2.05, 4.69) is 15.1 Å². The number of aromatic nitrogens is 2. The van der Waals surface area contributed by atoms with Crippen LogP contribution in [-0.4, -0.2) is 29.5 Å². The summed E-state index contributed by atoms with van der Waals surface area (Å²) in [4.78, 5) is 18.0. The van der Waals surface area contributed by atoms with E-state index in [1.807, 2.05) is 48.7 Å². The van der Waals surface area contributed by atoms with Gasteiger partial charge in [0.15, 0.2) is 4.96 Å². The van der Waals surface area contributed by atoms with Crippen molar-refractivity contribution < 1.29 is 14.3 Å². The average Bonchev–Trinajstić information content (AvgIpc) is 3.33. The fourth-order valence-corrected chi connectivity index (χ4v) is 3.98. The third-order valence-electron chi connectivity index (χ3n) is 4.63. The fourth-order valence-electron chi connectivity index (χ4n) is 3.08. The minimum atomic E-state index is -0.0342. The molecule has 0 saturated heterocycles. The Labute approximate surface area is 172 Å². The van der Waals surface area contributed by atoms with Crippen LogP contribution in [0.5, 0.6) is 11.5 Å². The van der Waals surface area contributed by atoms with E-state index in [1.54, 1.807) is 31.6 Å². The second-order valence-electron chi connectivity index (χ2n) is 6.51. The molecule has 0 saturated carbocycles. The molecule has 1 amide bonds. The summed E-state index contributed by atoms with van der Waals surface area (Å²) >= 11 is 1.58. The average molecular weight is 407 g/mol. The zero-order chi connectivity index (χ0) is 20.2. The van der Waals surface area contributed by atoms with Crippen molar-refractivity contribution in [3.8, 4) is 22.8 Å². The molecule has 29 heavy (non-hydrogen) atoms. The van der Waals surface area contributed by atoms with Crippen molar-refractivity contribution in [2.24, 2.45) is 0 Å². The first kappa shape index (κ1) is 19.0. The number of ether oxygens (including phenoxy) is 2. The minimum absolute atomic E-state index is 0.0342. The molecule has 0 unspecified atom stereocenters. The molecule has 1 N–H and O–H groups in total. The van der Waals surface area contributed by atoms with E-state index in [-0.39, 0.29) is 5.91 Å². The van der Waals surface area contributed by atoms with E-state index in [0.717, 1.165) is 33.3 Å². The molecule has 2 aromatic heterocycles. The van der Waals surface area contributed by atoms with Gasteiger partial charge in [0, 0.05) is 41.0 Å². The molecule has 6 nitrogen and oxygen atoms in total. The van der Waals surface area contributed by atoms with Crippen LogP contribution in [0.4, 0.5) is 5.69 Å². The number of anilines is 1.